The van der Waals surface area contributed by atoms with Crippen molar-refractivity contribution in [1.82, 2.24) is 0 Å². The number of hydrogen-bond acceptors (Lipinski definition) is 2. The molecule has 0 aromatic carbocycles. The quantitative estimate of drug-likeness (QED) is 0.883. The fourth-order valence-electron chi connectivity index (χ4n) is 5.53. The maximum Gasteiger partial charge on any atom is 0.120 e. The Hall–Kier alpha value is -0.760. The van der Waals surface area contributed by atoms with Crippen LogP contribution in [0, 0.1) is 29.6 Å². The van der Waals surface area contributed by atoms with Gasteiger partial charge < -0.3 is 10.2 Å². The summed E-state index contributed by atoms with van der Waals surface area (Å²) >= 11 is 0. The molecule has 4 saturated carbocycles. The van der Waals surface area contributed by atoms with Crippen LogP contribution in [-0.4, -0.2) is 0 Å². The van der Waals surface area contributed by atoms with E-state index in [9.17, 15) is 0 Å². The zero-order valence-corrected chi connectivity index (χ0v) is 11.6. The summed E-state index contributed by atoms with van der Waals surface area (Å²) in [6.07, 6.45) is 11.8. The molecule has 1 heterocycles. The van der Waals surface area contributed by atoms with Crippen LogP contribution in [0.2, 0.25) is 0 Å². The monoisotopic (exact) mass is 259 g/mol. The predicted octanol–water partition coefficient (Wildman–Crippen LogP) is 4.13. The second-order valence-electron chi connectivity index (χ2n) is 7.29. The molecule has 4 fully saturated rings. The summed E-state index contributed by atoms with van der Waals surface area (Å²) in [6, 6.07) is 4.06. The average molecular weight is 259 g/mol. The van der Waals surface area contributed by atoms with E-state index in [1.807, 2.05) is 12.1 Å². The summed E-state index contributed by atoms with van der Waals surface area (Å²) in [5, 5.41) is 0. The summed E-state index contributed by atoms with van der Waals surface area (Å²) in [4.78, 5) is 0. The van der Waals surface area contributed by atoms with Crippen molar-refractivity contribution in [3.63, 3.8) is 0 Å². The van der Waals surface area contributed by atoms with E-state index in [0.717, 1.165) is 41.8 Å². The van der Waals surface area contributed by atoms with E-state index in [1.54, 1.807) is 12.7 Å². The van der Waals surface area contributed by atoms with Crippen LogP contribution in [0.25, 0.3) is 0 Å². The number of rotatable bonds is 4. The minimum absolute atomic E-state index is 0.104. The molecule has 4 bridgehead atoms. The third kappa shape index (κ3) is 2.14. The van der Waals surface area contributed by atoms with Crippen LogP contribution in [0.4, 0.5) is 0 Å². The molecule has 1 atom stereocenters. The van der Waals surface area contributed by atoms with E-state index in [1.165, 1.54) is 32.1 Å². The number of hydrogen-bond donors (Lipinski definition) is 1. The van der Waals surface area contributed by atoms with Crippen molar-refractivity contribution in [1.29, 1.82) is 0 Å². The molecule has 104 valence electrons. The first kappa shape index (κ1) is 12.0. The fraction of sp³-hybridized carbons (Fsp3) is 0.765. The molecule has 4 aliphatic rings. The van der Waals surface area contributed by atoms with Gasteiger partial charge in [0, 0.05) is 0 Å². The highest BCUT2D eigenvalue weighted by molar-refractivity contribution is 5.04. The summed E-state index contributed by atoms with van der Waals surface area (Å²) in [5.74, 6) is 6.15. The van der Waals surface area contributed by atoms with Crippen molar-refractivity contribution in [3.05, 3.63) is 24.2 Å². The van der Waals surface area contributed by atoms with E-state index < -0.39 is 0 Å². The smallest absolute Gasteiger partial charge is 0.120 e. The summed E-state index contributed by atoms with van der Waals surface area (Å²) in [6.45, 7) is 0. The van der Waals surface area contributed by atoms with Gasteiger partial charge in [-0.25, -0.2) is 0 Å². The number of nitrogens with two attached hydrogens (primary N) is 1. The van der Waals surface area contributed by atoms with Gasteiger partial charge in [-0.2, -0.15) is 0 Å². The first-order chi connectivity index (χ1) is 9.29. The lowest BCUT2D eigenvalue weighted by Crippen LogP contribution is -2.45. The SMILES string of the molecule is NC(CCC1C2CC3CC(C2)CC1C3)c1ccco1. The van der Waals surface area contributed by atoms with Gasteiger partial charge in [-0.05, 0) is 86.7 Å². The largest absolute Gasteiger partial charge is 0.468 e. The first-order valence-corrected chi connectivity index (χ1v) is 8.08. The summed E-state index contributed by atoms with van der Waals surface area (Å²) in [7, 11) is 0. The van der Waals surface area contributed by atoms with Crippen molar-refractivity contribution >= 4 is 0 Å². The second kappa shape index (κ2) is 4.66. The second-order valence-corrected chi connectivity index (χ2v) is 7.29. The molecule has 0 spiro atoms. The lowest BCUT2D eigenvalue weighted by molar-refractivity contribution is -0.0409. The van der Waals surface area contributed by atoms with Crippen LogP contribution in [0.3, 0.4) is 0 Å². The standard InChI is InChI=1S/C17H25NO/c18-16(17-2-1-5-19-17)4-3-15-13-7-11-6-12(9-13)10-14(15)8-11/h1-2,5,11-16H,3-4,6-10,18H2. The van der Waals surface area contributed by atoms with E-state index in [0.29, 0.717) is 0 Å². The molecule has 1 aromatic rings. The minimum atomic E-state index is 0.104. The normalized spacial score (nSPS) is 41.6. The van der Waals surface area contributed by atoms with Crippen LogP contribution in [0.15, 0.2) is 22.8 Å². The van der Waals surface area contributed by atoms with Gasteiger partial charge in [0.25, 0.3) is 0 Å². The number of furan rings is 1. The van der Waals surface area contributed by atoms with Crippen molar-refractivity contribution in [2.75, 3.05) is 0 Å². The van der Waals surface area contributed by atoms with Crippen LogP contribution < -0.4 is 5.73 Å². The highest BCUT2D eigenvalue weighted by atomic mass is 16.3. The van der Waals surface area contributed by atoms with E-state index in [-0.39, 0.29) is 6.04 Å². The molecule has 19 heavy (non-hydrogen) atoms. The Labute approximate surface area is 115 Å². The maximum absolute atomic E-state index is 6.25. The molecule has 4 aliphatic carbocycles. The van der Waals surface area contributed by atoms with E-state index in [2.05, 4.69) is 0 Å². The van der Waals surface area contributed by atoms with Crippen LogP contribution in [0.5, 0.6) is 0 Å². The summed E-state index contributed by atoms with van der Waals surface area (Å²) in [5.41, 5.74) is 6.25. The zero-order valence-electron chi connectivity index (χ0n) is 11.6. The van der Waals surface area contributed by atoms with Crippen molar-refractivity contribution in [2.45, 2.75) is 51.0 Å². The summed E-state index contributed by atoms with van der Waals surface area (Å²) < 4.78 is 5.43. The maximum atomic E-state index is 6.25. The molecule has 2 nitrogen and oxygen atoms in total. The molecular weight excluding hydrogens is 234 g/mol. The Morgan fingerprint density at radius 3 is 2.37 bits per heavy atom. The van der Waals surface area contributed by atoms with Gasteiger partial charge >= 0.3 is 0 Å². The molecule has 0 amide bonds. The van der Waals surface area contributed by atoms with Crippen molar-refractivity contribution < 1.29 is 4.42 Å². The molecule has 0 saturated heterocycles. The Bertz CT molecular complexity index is 396. The van der Waals surface area contributed by atoms with Crippen molar-refractivity contribution in [3.8, 4) is 0 Å². The van der Waals surface area contributed by atoms with Crippen LogP contribution >= 0.6 is 0 Å². The molecule has 2 heteroatoms. The minimum Gasteiger partial charge on any atom is -0.468 e. The Morgan fingerprint density at radius 2 is 1.79 bits per heavy atom. The van der Waals surface area contributed by atoms with Gasteiger partial charge in [0.05, 0.1) is 12.3 Å². The third-order valence-corrected chi connectivity index (χ3v) is 6.14. The molecule has 2 N–H and O–H groups in total. The molecular formula is C17H25NO. The molecule has 5 rings (SSSR count). The molecule has 1 unspecified atom stereocenters. The lowest BCUT2D eigenvalue weighted by Gasteiger charge is -2.54. The third-order valence-electron chi connectivity index (χ3n) is 6.14. The van der Waals surface area contributed by atoms with Crippen LogP contribution in [0.1, 0.15) is 56.7 Å². The topological polar surface area (TPSA) is 39.2 Å². The average Bonchev–Trinajstić information content (AvgIpc) is 2.90. The lowest BCUT2D eigenvalue weighted by atomic mass is 9.51. The van der Waals surface area contributed by atoms with Gasteiger partial charge in [-0.3, -0.25) is 0 Å². The van der Waals surface area contributed by atoms with Crippen molar-refractivity contribution in [2.24, 2.45) is 35.3 Å². The predicted molar refractivity (Wildman–Crippen MR) is 75.4 cm³/mol. The van der Waals surface area contributed by atoms with Gasteiger partial charge in [-0.1, -0.05) is 0 Å². The first-order valence-electron chi connectivity index (χ1n) is 8.08. The van der Waals surface area contributed by atoms with Crippen LogP contribution in [-0.2, 0) is 0 Å². The molecule has 0 aliphatic heterocycles. The van der Waals surface area contributed by atoms with Gasteiger partial charge in [0.15, 0.2) is 0 Å². The molecule has 1 aromatic heterocycles. The zero-order chi connectivity index (χ0) is 12.8. The van der Waals surface area contributed by atoms with Gasteiger partial charge in [0.2, 0.25) is 0 Å². The Kier molecular flexibility index (Phi) is 2.95. The highest BCUT2D eigenvalue weighted by Gasteiger charge is 2.47. The van der Waals surface area contributed by atoms with E-state index in [4.69, 9.17) is 10.2 Å². The fourth-order valence-corrected chi connectivity index (χ4v) is 5.53. The van der Waals surface area contributed by atoms with E-state index >= 15 is 0 Å². The van der Waals surface area contributed by atoms with Gasteiger partial charge in [0.1, 0.15) is 5.76 Å². The Balaban J connectivity index is 1.38. The molecule has 0 radical (unpaired) electrons. The van der Waals surface area contributed by atoms with Gasteiger partial charge in [-0.15, -0.1) is 0 Å². The Morgan fingerprint density at radius 1 is 1.11 bits per heavy atom. The highest BCUT2D eigenvalue weighted by Crippen LogP contribution is 2.57.